The first-order valence-electron chi connectivity index (χ1n) is 5.39. The number of ether oxygens (including phenoxy) is 2. The Morgan fingerprint density at radius 1 is 1.16 bits per heavy atom. The monoisotopic (exact) mass is 344 g/mol. The van der Waals surface area contributed by atoms with Crippen LogP contribution in [0, 0.1) is 0 Å². The summed E-state index contributed by atoms with van der Waals surface area (Å²) in [5, 5.41) is 0.00334. The number of nitrogens with zero attached hydrogens (tertiary/aromatic N) is 4. The molecule has 0 N–H and O–H groups in total. The molecule has 0 aliphatic carbocycles. The molecule has 0 aliphatic rings. The van der Waals surface area contributed by atoms with Gasteiger partial charge in [-0.3, -0.25) is 4.98 Å². The first-order chi connectivity index (χ1) is 9.02. The molecule has 0 saturated carbocycles. The molecule has 2 heterocycles. The van der Waals surface area contributed by atoms with Crippen LogP contribution in [-0.2, 0) is 0 Å². The van der Waals surface area contributed by atoms with E-state index in [0.717, 1.165) is 4.47 Å². The third-order valence-corrected chi connectivity index (χ3v) is 2.40. The Kier molecular flexibility index (Phi) is 4.49. The van der Waals surface area contributed by atoms with Crippen molar-refractivity contribution in [3.05, 3.63) is 28.2 Å². The maximum atomic E-state index is 5.78. The minimum Gasteiger partial charge on any atom is -0.461 e. The summed E-state index contributed by atoms with van der Waals surface area (Å²) in [6.07, 6.45) is 3.10. The average Bonchev–Trinajstić information content (AvgIpc) is 2.26. The average molecular weight is 346 g/mol. The molecule has 0 bridgehead atoms. The van der Waals surface area contributed by atoms with E-state index in [2.05, 4.69) is 35.9 Å². The van der Waals surface area contributed by atoms with Gasteiger partial charge in [0.05, 0.1) is 12.3 Å². The van der Waals surface area contributed by atoms with Crippen LogP contribution in [0.25, 0.3) is 0 Å². The topological polar surface area (TPSA) is 70.0 Å². The summed E-state index contributed by atoms with van der Waals surface area (Å²) in [5.41, 5.74) is 0. The molecule has 8 heteroatoms. The van der Waals surface area contributed by atoms with Gasteiger partial charge >= 0.3 is 12.0 Å². The Hall–Kier alpha value is -1.47. The molecule has 0 fully saturated rings. The largest absolute Gasteiger partial charge is 0.461 e. The summed E-state index contributed by atoms with van der Waals surface area (Å²) in [7, 11) is 0. The van der Waals surface area contributed by atoms with Crippen LogP contribution in [0.1, 0.15) is 13.8 Å². The predicted octanol–water partition coefficient (Wildman–Crippen LogP) is 3.26. The van der Waals surface area contributed by atoms with E-state index in [-0.39, 0.29) is 23.4 Å². The van der Waals surface area contributed by atoms with Gasteiger partial charge in [0.1, 0.15) is 0 Å². The fraction of sp³-hybridized carbons (Fsp3) is 0.273. The third-order valence-electron chi connectivity index (χ3n) is 1.80. The van der Waals surface area contributed by atoms with Crippen molar-refractivity contribution in [1.29, 1.82) is 0 Å². The van der Waals surface area contributed by atoms with Crippen LogP contribution in [0.4, 0.5) is 0 Å². The summed E-state index contributed by atoms with van der Waals surface area (Å²) in [6.45, 7) is 3.72. The molecule has 0 aromatic carbocycles. The molecule has 2 aromatic rings. The molecule has 2 aromatic heterocycles. The zero-order valence-corrected chi connectivity index (χ0v) is 12.5. The first kappa shape index (κ1) is 14.0. The van der Waals surface area contributed by atoms with Crippen molar-refractivity contribution in [3.8, 4) is 17.8 Å². The van der Waals surface area contributed by atoms with Crippen LogP contribution in [0.15, 0.2) is 22.9 Å². The highest BCUT2D eigenvalue weighted by atomic mass is 79.9. The number of hydrogen-bond acceptors (Lipinski definition) is 6. The van der Waals surface area contributed by atoms with Gasteiger partial charge in [-0.2, -0.15) is 9.97 Å². The van der Waals surface area contributed by atoms with E-state index in [1.165, 1.54) is 6.20 Å². The van der Waals surface area contributed by atoms with E-state index in [0.29, 0.717) is 5.75 Å². The number of aromatic nitrogens is 4. The van der Waals surface area contributed by atoms with Gasteiger partial charge in [0.2, 0.25) is 5.28 Å². The van der Waals surface area contributed by atoms with E-state index in [9.17, 15) is 0 Å². The Labute approximate surface area is 123 Å². The second-order valence-corrected chi connectivity index (χ2v) is 5.03. The summed E-state index contributed by atoms with van der Waals surface area (Å²) < 4.78 is 11.6. The lowest BCUT2D eigenvalue weighted by Crippen LogP contribution is -2.09. The van der Waals surface area contributed by atoms with E-state index in [1.54, 1.807) is 12.3 Å². The van der Waals surface area contributed by atoms with Crippen LogP contribution in [0.2, 0.25) is 5.28 Å². The van der Waals surface area contributed by atoms with Crippen molar-refractivity contribution in [2.75, 3.05) is 0 Å². The van der Waals surface area contributed by atoms with Crippen LogP contribution >= 0.6 is 27.5 Å². The summed E-state index contributed by atoms with van der Waals surface area (Å²) in [4.78, 5) is 15.7. The van der Waals surface area contributed by atoms with E-state index < -0.39 is 0 Å². The number of rotatable bonds is 4. The summed E-state index contributed by atoms with van der Waals surface area (Å²) >= 11 is 9.07. The number of hydrogen-bond donors (Lipinski definition) is 0. The predicted molar refractivity (Wildman–Crippen MR) is 72.6 cm³/mol. The normalized spacial score (nSPS) is 10.6. The maximum absolute atomic E-state index is 5.78. The summed E-state index contributed by atoms with van der Waals surface area (Å²) in [6, 6.07) is 1.90. The standard InChI is InChI=1S/C11H10BrClN4O2/c1-6(2)18-10-15-9(13)16-11(17-10)19-8-3-7(12)4-14-5-8/h3-6H,1-2H3. The minimum absolute atomic E-state index is 0.00334. The fourth-order valence-corrected chi connectivity index (χ4v) is 1.67. The fourth-order valence-electron chi connectivity index (χ4n) is 1.18. The molecular weight excluding hydrogens is 336 g/mol. The Morgan fingerprint density at radius 3 is 2.58 bits per heavy atom. The highest BCUT2D eigenvalue weighted by Crippen LogP contribution is 2.22. The lowest BCUT2D eigenvalue weighted by Gasteiger charge is -2.09. The molecule has 0 radical (unpaired) electrons. The van der Waals surface area contributed by atoms with Crippen molar-refractivity contribution in [3.63, 3.8) is 0 Å². The zero-order valence-electron chi connectivity index (χ0n) is 10.2. The van der Waals surface area contributed by atoms with Gasteiger partial charge in [-0.25, -0.2) is 0 Å². The van der Waals surface area contributed by atoms with Gasteiger partial charge in [0.25, 0.3) is 0 Å². The molecule has 0 saturated heterocycles. The molecule has 0 amide bonds. The van der Waals surface area contributed by atoms with Crippen molar-refractivity contribution in [2.24, 2.45) is 0 Å². The summed E-state index contributed by atoms with van der Waals surface area (Å²) in [5.74, 6) is 0.479. The quantitative estimate of drug-likeness (QED) is 0.847. The van der Waals surface area contributed by atoms with Crippen LogP contribution < -0.4 is 9.47 Å². The van der Waals surface area contributed by atoms with Crippen molar-refractivity contribution in [2.45, 2.75) is 20.0 Å². The van der Waals surface area contributed by atoms with E-state index in [1.807, 2.05) is 13.8 Å². The zero-order chi connectivity index (χ0) is 13.8. The number of pyridine rings is 1. The second kappa shape index (κ2) is 6.12. The number of halogens is 2. The molecular formula is C11H10BrClN4O2. The van der Waals surface area contributed by atoms with Gasteiger partial charge in [0.15, 0.2) is 5.75 Å². The molecule has 0 aliphatic heterocycles. The SMILES string of the molecule is CC(C)Oc1nc(Cl)nc(Oc2cncc(Br)c2)n1. The van der Waals surface area contributed by atoms with E-state index >= 15 is 0 Å². The lowest BCUT2D eigenvalue weighted by molar-refractivity contribution is 0.218. The van der Waals surface area contributed by atoms with Gasteiger partial charge in [-0.1, -0.05) is 0 Å². The van der Waals surface area contributed by atoms with Gasteiger partial charge < -0.3 is 9.47 Å². The molecule has 19 heavy (non-hydrogen) atoms. The highest BCUT2D eigenvalue weighted by molar-refractivity contribution is 9.10. The van der Waals surface area contributed by atoms with Crippen molar-refractivity contribution in [1.82, 2.24) is 19.9 Å². The van der Waals surface area contributed by atoms with Crippen molar-refractivity contribution >= 4 is 27.5 Å². The molecule has 6 nitrogen and oxygen atoms in total. The smallest absolute Gasteiger partial charge is 0.329 e. The molecule has 0 unspecified atom stereocenters. The van der Waals surface area contributed by atoms with Crippen molar-refractivity contribution < 1.29 is 9.47 Å². The Bertz CT molecular complexity index is 582. The first-order valence-corrected chi connectivity index (χ1v) is 6.56. The molecule has 0 atom stereocenters. The van der Waals surface area contributed by atoms with Crippen LogP contribution in [0.5, 0.6) is 17.8 Å². The highest BCUT2D eigenvalue weighted by Gasteiger charge is 2.10. The van der Waals surface area contributed by atoms with Gasteiger partial charge in [-0.15, -0.1) is 4.98 Å². The van der Waals surface area contributed by atoms with Crippen LogP contribution in [-0.4, -0.2) is 26.0 Å². The molecule has 100 valence electrons. The van der Waals surface area contributed by atoms with Gasteiger partial charge in [-0.05, 0) is 47.4 Å². The second-order valence-electron chi connectivity index (χ2n) is 3.78. The molecule has 0 spiro atoms. The van der Waals surface area contributed by atoms with Crippen LogP contribution in [0.3, 0.4) is 0 Å². The Balaban J connectivity index is 2.22. The van der Waals surface area contributed by atoms with Gasteiger partial charge in [0, 0.05) is 10.7 Å². The third kappa shape index (κ3) is 4.29. The lowest BCUT2D eigenvalue weighted by atomic mass is 10.5. The maximum Gasteiger partial charge on any atom is 0.329 e. The Morgan fingerprint density at radius 2 is 1.89 bits per heavy atom. The molecule has 2 rings (SSSR count). The minimum atomic E-state index is -0.0705. The van der Waals surface area contributed by atoms with E-state index in [4.69, 9.17) is 21.1 Å².